The molecule has 3 aliphatic heterocycles. The molecule has 1 aromatic carbocycles. The molecule has 0 bridgehead atoms. The van der Waals surface area contributed by atoms with E-state index >= 15 is 0 Å². The van der Waals surface area contributed by atoms with Crippen molar-refractivity contribution in [2.75, 3.05) is 62.6 Å². The van der Waals surface area contributed by atoms with E-state index in [9.17, 15) is 9.59 Å². The fourth-order valence-corrected chi connectivity index (χ4v) is 4.59. The van der Waals surface area contributed by atoms with Gasteiger partial charge in [-0.2, -0.15) is 0 Å². The highest BCUT2D eigenvalue weighted by atomic mass is 16.5. The first-order valence-electron chi connectivity index (χ1n) is 11.5. The van der Waals surface area contributed by atoms with Gasteiger partial charge in [0.05, 0.1) is 6.54 Å². The zero-order valence-corrected chi connectivity index (χ0v) is 17.9. The maximum Gasteiger partial charge on any atom is 0.251 e. The number of carbonyl (C=O) groups excluding carboxylic acids is 2. The standard InChI is InChI=1S/C23H34N4O3/c28-22(18-25-13-15-27(16-14-25)23(29)21-6-5-17-30-21)24-19-7-9-20(10-8-19)26-11-3-1-2-4-12-26/h7-10,21H,1-6,11-18H2,(H,24,28). The van der Waals surface area contributed by atoms with Gasteiger partial charge in [-0.1, -0.05) is 12.8 Å². The number of rotatable bonds is 5. The number of carbonyl (C=O) groups is 2. The number of hydrogen-bond donors (Lipinski definition) is 1. The maximum absolute atomic E-state index is 12.5. The van der Waals surface area contributed by atoms with Gasteiger partial charge in [-0.25, -0.2) is 0 Å². The third-order valence-corrected chi connectivity index (χ3v) is 6.38. The second-order valence-electron chi connectivity index (χ2n) is 8.60. The highest BCUT2D eigenvalue weighted by molar-refractivity contribution is 5.92. The third-order valence-electron chi connectivity index (χ3n) is 6.38. The first kappa shape index (κ1) is 21.1. The summed E-state index contributed by atoms with van der Waals surface area (Å²) in [6.45, 7) is 6.05. The van der Waals surface area contributed by atoms with E-state index in [0.29, 0.717) is 26.2 Å². The van der Waals surface area contributed by atoms with Gasteiger partial charge in [-0.3, -0.25) is 14.5 Å². The summed E-state index contributed by atoms with van der Waals surface area (Å²) in [4.78, 5) is 31.3. The lowest BCUT2D eigenvalue weighted by Gasteiger charge is -2.35. The van der Waals surface area contributed by atoms with Gasteiger partial charge in [0.1, 0.15) is 6.10 Å². The van der Waals surface area contributed by atoms with E-state index in [4.69, 9.17) is 4.74 Å². The minimum absolute atomic E-state index is 0.00331. The number of nitrogens with zero attached hydrogens (tertiary/aromatic N) is 3. The predicted molar refractivity (Wildman–Crippen MR) is 118 cm³/mol. The van der Waals surface area contributed by atoms with Gasteiger partial charge in [-0.05, 0) is 49.9 Å². The van der Waals surface area contributed by atoms with Crippen LogP contribution in [-0.4, -0.2) is 80.1 Å². The lowest BCUT2D eigenvalue weighted by Crippen LogP contribution is -2.52. The van der Waals surface area contributed by atoms with Gasteiger partial charge in [0.25, 0.3) is 5.91 Å². The monoisotopic (exact) mass is 414 g/mol. The highest BCUT2D eigenvalue weighted by Crippen LogP contribution is 2.22. The van der Waals surface area contributed by atoms with Gasteiger partial charge in [-0.15, -0.1) is 0 Å². The summed E-state index contributed by atoms with van der Waals surface area (Å²) >= 11 is 0. The Morgan fingerprint density at radius 1 is 0.900 bits per heavy atom. The molecule has 0 aliphatic carbocycles. The summed E-state index contributed by atoms with van der Waals surface area (Å²) in [5.74, 6) is 0.109. The molecular weight excluding hydrogens is 380 g/mol. The number of nitrogens with one attached hydrogen (secondary N) is 1. The summed E-state index contributed by atoms with van der Waals surface area (Å²) in [5, 5.41) is 3.01. The molecule has 1 atom stereocenters. The molecule has 0 spiro atoms. The van der Waals surface area contributed by atoms with Gasteiger partial charge in [0, 0.05) is 57.3 Å². The molecule has 3 heterocycles. The molecule has 4 rings (SSSR count). The third kappa shape index (κ3) is 5.52. The van der Waals surface area contributed by atoms with Crippen molar-refractivity contribution in [1.29, 1.82) is 0 Å². The van der Waals surface area contributed by atoms with Crippen molar-refractivity contribution in [3.05, 3.63) is 24.3 Å². The second kappa shape index (κ2) is 10.3. The number of anilines is 2. The van der Waals surface area contributed by atoms with E-state index in [-0.39, 0.29) is 17.9 Å². The molecule has 1 unspecified atom stereocenters. The fourth-order valence-electron chi connectivity index (χ4n) is 4.59. The maximum atomic E-state index is 12.5. The topological polar surface area (TPSA) is 65.1 Å². The molecule has 3 fully saturated rings. The Balaban J connectivity index is 1.20. The molecule has 1 aromatic rings. The zero-order chi connectivity index (χ0) is 20.8. The molecule has 164 valence electrons. The molecule has 7 heteroatoms. The zero-order valence-electron chi connectivity index (χ0n) is 17.9. The summed E-state index contributed by atoms with van der Waals surface area (Å²) in [6.07, 6.45) is 6.70. The Morgan fingerprint density at radius 2 is 1.60 bits per heavy atom. The van der Waals surface area contributed by atoms with Crippen molar-refractivity contribution in [3.8, 4) is 0 Å². The van der Waals surface area contributed by atoms with E-state index < -0.39 is 0 Å². The summed E-state index contributed by atoms with van der Waals surface area (Å²) in [5.41, 5.74) is 2.08. The van der Waals surface area contributed by atoms with Crippen LogP contribution in [0.25, 0.3) is 0 Å². The van der Waals surface area contributed by atoms with E-state index in [2.05, 4.69) is 27.2 Å². The molecule has 0 radical (unpaired) electrons. The van der Waals surface area contributed by atoms with Gasteiger partial charge in [0.2, 0.25) is 5.91 Å². The molecule has 3 aliphatic rings. The minimum atomic E-state index is -0.253. The molecule has 30 heavy (non-hydrogen) atoms. The van der Waals surface area contributed by atoms with Crippen LogP contribution in [0.5, 0.6) is 0 Å². The van der Waals surface area contributed by atoms with E-state index in [1.807, 2.05) is 17.0 Å². The van der Waals surface area contributed by atoms with Crippen molar-refractivity contribution >= 4 is 23.2 Å². The van der Waals surface area contributed by atoms with Crippen LogP contribution in [0.3, 0.4) is 0 Å². The number of piperazine rings is 1. The Bertz CT molecular complexity index is 702. The Hall–Kier alpha value is -2.12. The van der Waals surface area contributed by atoms with Crippen LogP contribution >= 0.6 is 0 Å². The van der Waals surface area contributed by atoms with Crippen LogP contribution in [0.4, 0.5) is 11.4 Å². The molecule has 0 aromatic heterocycles. The summed E-state index contributed by atoms with van der Waals surface area (Å²) in [6, 6.07) is 8.21. The molecule has 2 amide bonds. The molecule has 1 N–H and O–H groups in total. The lowest BCUT2D eigenvalue weighted by molar-refractivity contribution is -0.142. The van der Waals surface area contributed by atoms with Gasteiger partial charge in [0.15, 0.2) is 0 Å². The van der Waals surface area contributed by atoms with Gasteiger partial charge < -0.3 is 19.9 Å². The normalized spacial score (nSPS) is 23.3. The van der Waals surface area contributed by atoms with Crippen molar-refractivity contribution in [1.82, 2.24) is 9.80 Å². The molecular formula is C23H34N4O3. The fraction of sp³-hybridized carbons (Fsp3) is 0.652. The van der Waals surface area contributed by atoms with Crippen LogP contribution in [0.2, 0.25) is 0 Å². The first-order valence-corrected chi connectivity index (χ1v) is 11.5. The van der Waals surface area contributed by atoms with Crippen LogP contribution in [0.1, 0.15) is 38.5 Å². The number of hydrogen-bond acceptors (Lipinski definition) is 5. The SMILES string of the molecule is O=C(CN1CCN(C(=O)C2CCCO2)CC1)Nc1ccc(N2CCCCCC2)cc1. The van der Waals surface area contributed by atoms with Crippen LogP contribution in [0, 0.1) is 0 Å². The summed E-state index contributed by atoms with van der Waals surface area (Å²) < 4.78 is 5.51. The van der Waals surface area contributed by atoms with E-state index in [1.54, 1.807) is 0 Å². The molecule has 0 saturated carbocycles. The van der Waals surface area contributed by atoms with Crippen LogP contribution in [0.15, 0.2) is 24.3 Å². The lowest BCUT2D eigenvalue weighted by atomic mass is 10.2. The minimum Gasteiger partial charge on any atom is -0.372 e. The van der Waals surface area contributed by atoms with Gasteiger partial charge >= 0.3 is 0 Å². The Kier molecular flexibility index (Phi) is 7.23. The number of amides is 2. The van der Waals surface area contributed by atoms with Crippen molar-refractivity contribution in [2.45, 2.75) is 44.6 Å². The average molecular weight is 415 g/mol. The summed E-state index contributed by atoms with van der Waals surface area (Å²) in [7, 11) is 0. The Labute approximate surface area is 179 Å². The average Bonchev–Trinajstić information content (AvgIpc) is 3.17. The quantitative estimate of drug-likeness (QED) is 0.801. The smallest absolute Gasteiger partial charge is 0.251 e. The first-order chi connectivity index (χ1) is 14.7. The number of benzene rings is 1. The van der Waals surface area contributed by atoms with E-state index in [1.165, 1.54) is 31.4 Å². The van der Waals surface area contributed by atoms with Crippen molar-refractivity contribution < 1.29 is 14.3 Å². The molecule has 3 saturated heterocycles. The van der Waals surface area contributed by atoms with E-state index in [0.717, 1.165) is 44.7 Å². The molecule has 7 nitrogen and oxygen atoms in total. The largest absolute Gasteiger partial charge is 0.372 e. The second-order valence-corrected chi connectivity index (χ2v) is 8.60. The van der Waals surface area contributed by atoms with Crippen molar-refractivity contribution in [2.24, 2.45) is 0 Å². The predicted octanol–water partition coefficient (Wildman–Crippen LogP) is 2.33. The van der Waals surface area contributed by atoms with Crippen molar-refractivity contribution in [3.63, 3.8) is 0 Å². The van der Waals surface area contributed by atoms with Crippen LogP contribution in [-0.2, 0) is 14.3 Å². The number of ether oxygens (including phenoxy) is 1. The van der Waals surface area contributed by atoms with Crippen LogP contribution < -0.4 is 10.2 Å². The Morgan fingerprint density at radius 3 is 2.23 bits per heavy atom. The highest BCUT2D eigenvalue weighted by Gasteiger charge is 2.30.